The summed E-state index contributed by atoms with van der Waals surface area (Å²) in [7, 11) is -6.00. The van der Waals surface area contributed by atoms with Crippen molar-refractivity contribution < 1.29 is 44.2 Å². The molecule has 3 nitrogen and oxygen atoms in total. The first-order chi connectivity index (χ1) is 7.74. The van der Waals surface area contributed by atoms with Gasteiger partial charge in [-0.25, -0.2) is 0 Å². The van der Waals surface area contributed by atoms with Crippen LogP contribution in [0, 0.1) is 0 Å². The van der Waals surface area contributed by atoms with Crippen LogP contribution < -0.4 is 4.57 Å². The molecule has 1 aromatic heterocycles. The van der Waals surface area contributed by atoms with Gasteiger partial charge in [-0.05, 0) is 13.8 Å². The standard InChI is InChI=1S/C8H15N3S.Au.BF4/c1-4-7-10(5-2)8(12)9-11(7)6-3;;2-1(3,4)5/h4-6H2,1-3H3;;/q;+1;-1. The molecule has 0 amide bonds. The van der Waals surface area contributed by atoms with Crippen molar-refractivity contribution in [2.24, 2.45) is 0 Å². The summed E-state index contributed by atoms with van der Waals surface area (Å²) in [5, 5.41) is 4.97. The fourth-order valence-electron chi connectivity index (χ4n) is 1.41. The minimum atomic E-state index is -6.00. The van der Waals surface area contributed by atoms with Crippen LogP contribution in [0.1, 0.15) is 26.6 Å². The van der Waals surface area contributed by atoms with E-state index in [1.165, 1.54) is 5.82 Å². The topological polar surface area (TPSA) is 21.7 Å². The second-order valence-corrected chi connectivity index (χ2v) is 3.47. The zero-order valence-electron chi connectivity index (χ0n) is 10.3. The van der Waals surface area contributed by atoms with E-state index in [0.29, 0.717) is 5.16 Å². The Labute approximate surface area is 125 Å². The molecule has 18 heavy (non-hydrogen) atoms. The van der Waals surface area contributed by atoms with Crippen LogP contribution in [-0.4, -0.2) is 17.0 Å². The fraction of sp³-hybridized carbons (Fsp3) is 0.750. The Kier molecular flexibility index (Phi) is 9.99. The maximum Gasteiger partial charge on any atom is 1.00 e. The van der Waals surface area contributed by atoms with Crippen molar-refractivity contribution in [1.29, 1.82) is 0 Å². The smallest absolute Gasteiger partial charge is 0.703 e. The molecule has 0 N–H and O–H groups in total. The van der Waals surface area contributed by atoms with E-state index < -0.39 is 7.25 Å². The van der Waals surface area contributed by atoms with Crippen LogP contribution in [0.2, 0.25) is 0 Å². The first kappa shape index (κ1) is 20.2. The molecule has 0 aromatic carbocycles. The summed E-state index contributed by atoms with van der Waals surface area (Å²) in [6.07, 6.45) is 0.991. The molecule has 0 radical (unpaired) electrons. The monoisotopic (exact) mass is 469 g/mol. The van der Waals surface area contributed by atoms with Gasteiger partial charge in [0.2, 0.25) is 5.82 Å². The third kappa shape index (κ3) is 7.35. The first-order valence-electron chi connectivity index (χ1n) is 5.28. The quantitative estimate of drug-likeness (QED) is 0.293. The Bertz CT molecular complexity index is 353. The van der Waals surface area contributed by atoms with Crippen molar-refractivity contribution in [3.63, 3.8) is 0 Å². The van der Waals surface area contributed by atoms with Crippen molar-refractivity contribution in [3.05, 3.63) is 5.82 Å². The molecule has 1 aromatic rings. The molecule has 110 valence electrons. The number of hydrogen-bond acceptors (Lipinski definition) is 2. The Hall–Kier alpha value is -0.115. The van der Waals surface area contributed by atoms with Gasteiger partial charge in [-0.1, -0.05) is 6.92 Å². The molecule has 0 saturated carbocycles. The van der Waals surface area contributed by atoms with Crippen molar-refractivity contribution in [1.82, 2.24) is 9.78 Å². The summed E-state index contributed by atoms with van der Waals surface area (Å²) in [6.45, 7) is 8.13. The van der Waals surface area contributed by atoms with E-state index in [4.69, 9.17) is 12.6 Å². The number of halogens is 4. The van der Waals surface area contributed by atoms with Gasteiger partial charge >= 0.3 is 29.6 Å². The van der Waals surface area contributed by atoms with E-state index in [2.05, 4.69) is 30.4 Å². The molecular formula is C8H15AuBF4N3S. The number of aryl methyl sites for hydroxylation is 1. The van der Waals surface area contributed by atoms with Crippen LogP contribution in [0.3, 0.4) is 0 Å². The summed E-state index contributed by atoms with van der Waals surface area (Å²) in [5.74, 6) is 1.23. The van der Waals surface area contributed by atoms with E-state index in [1.54, 1.807) is 0 Å². The third-order valence-corrected chi connectivity index (χ3v) is 2.28. The first-order valence-corrected chi connectivity index (χ1v) is 5.69. The Morgan fingerprint density at radius 3 is 1.94 bits per heavy atom. The molecule has 10 heteroatoms. The number of nitrogens with zero attached hydrogens (tertiary/aromatic N) is 3. The summed E-state index contributed by atoms with van der Waals surface area (Å²) in [6, 6.07) is 0. The van der Waals surface area contributed by atoms with Crippen LogP contribution in [0.5, 0.6) is 0 Å². The Balaban J connectivity index is 0. The minimum Gasteiger partial charge on any atom is -0.703 e. The van der Waals surface area contributed by atoms with E-state index in [1.807, 2.05) is 4.68 Å². The average Bonchev–Trinajstić information content (AvgIpc) is 2.51. The molecule has 0 spiro atoms. The van der Waals surface area contributed by atoms with E-state index in [-0.39, 0.29) is 22.4 Å². The van der Waals surface area contributed by atoms with Crippen molar-refractivity contribution >= 4 is 19.9 Å². The molecule has 1 rings (SSSR count). The van der Waals surface area contributed by atoms with Gasteiger partial charge in [0.25, 0.3) is 0 Å². The van der Waals surface area contributed by atoms with E-state index in [0.717, 1.165) is 19.5 Å². The molecule has 0 aliphatic heterocycles. The van der Waals surface area contributed by atoms with Gasteiger partial charge in [-0.2, -0.15) is 0 Å². The Morgan fingerprint density at radius 2 is 1.67 bits per heavy atom. The second kappa shape index (κ2) is 8.90. The zero-order chi connectivity index (χ0) is 13.6. The largest absolute Gasteiger partial charge is 1.00 e. The van der Waals surface area contributed by atoms with Crippen LogP contribution in [0.4, 0.5) is 17.3 Å². The average molecular weight is 469 g/mol. The summed E-state index contributed by atoms with van der Waals surface area (Å²) < 4.78 is 43.1. The van der Waals surface area contributed by atoms with Gasteiger partial charge in [0.05, 0.1) is 6.54 Å². The van der Waals surface area contributed by atoms with Gasteiger partial charge in [0.1, 0.15) is 6.54 Å². The number of rotatable bonds is 3. The molecule has 0 unspecified atom stereocenters. The predicted octanol–water partition coefficient (Wildman–Crippen LogP) is 1.98. The summed E-state index contributed by atoms with van der Waals surface area (Å²) in [4.78, 5) is 0. The zero-order valence-corrected chi connectivity index (χ0v) is 13.2. The molecule has 0 atom stereocenters. The molecule has 0 saturated heterocycles. The molecule has 0 aliphatic carbocycles. The fourth-order valence-corrected chi connectivity index (χ4v) is 1.74. The van der Waals surface area contributed by atoms with E-state index >= 15 is 0 Å². The van der Waals surface area contributed by atoms with Gasteiger partial charge in [-0.3, -0.25) is 4.57 Å². The van der Waals surface area contributed by atoms with Gasteiger partial charge < -0.3 is 29.9 Å². The molecule has 0 aliphatic rings. The molecular weight excluding hydrogens is 454 g/mol. The van der Waals surface area contributed by atoms with Crippen molar-refractivity contribution in [2.75, 3.05) is 0 Å². The van der Waals surface area contributed by atoms with Gasteiger partial charge in [0.15, 0.2) is 5.16 Å². The molecule has 0 fully saturated rings. The van der Waals surface area contributed by atoms with Crippen LogP contribution >= 0.6 is 0 Å². The van der Waals surface area contributed by atoms with Crippen LogP contribution in [0.25, 0.3) is 0 Å². The number of hydrogen-bond donors (Lipinski definition) is 0. The van der Waals surface area contributed by atoms with Crippen molar-refractivity contribution in [2.45, 2.75) is 45.4 Å². The van der Waals surface area contributed by atoms with E-state index in [9.17, 15) is 17.3 Å². The van der Waals surface area contributed by atoms with Crippen LogP contribution in [-0.2, 0) is 54.5 Å². The Morgan fingerprint density at radius 1 is 1.22 bits per heavy atom. The second-order valence-electron chi connectivity index (χ2n) is 3.11. The SMILES string of the molecule is CCc1n(CC)nc([S-])[n+]1CC.F[B-](F)(F)F.[Au+]. The van der Waals surface area contributed by atoms with Crippen LogP contribution in [0.15, 0.2) is 5.16 Å². The van der Waals surface area contributed by atoms with Crippen molar-refractivity contribution in [3.8, 4) is 0 Å². The summed E-state index contributed by atoms with van der Waals surface area (Å²) in [5.41, 5.74) is 0. The maximum absolute atomic E-state index is 9.75. The van der Waals surface area contributed by atoms with Gasteiger partial charge in [0, 0.05) is 11.5 Å². The predicted molar refractivity (Wildman–Crippen MR) is 59.0 cm³/mol. The molecule has 1 heterocycles. The summed E-state index contributed by atoms with van der Waals surface area (Å²) >= 11 is 5.12. The molecule has 0 bridgehead atoms. The minimum absolute atomic E-state index is 0. The third-order valence-electron chi connectivity index (χ3n) is 1.98. The number of aromatic nitrogens is 3. The normalized spacial score (nSPS) is 10.4. The van der Waals surface area contributed by atoms with Gasteiger partial charge in [-0.15, -0.1) is 4.68 Å². The maximum atomic E-state index is 9.75.